The Bertz CT molecular complexity index is 1170. The van der Waals surface area contributed by atoms with Gasteiger partial charge in [0.2, 0.25) is 5.91 Å². The van der Waals surface area contributed by atoms with Gasteiger partial charge in [0.25, 0.3) is 5.91 Å². The van der Waals surface area contributed by atoms with E-state index in [0.717, 1.165) is 34.1 Å². The number of aryl methyl sites for hydroxylation is 1. The van der Waals surface area contributed by atoms with Gasteiger partial charge in [-0.1, -0.05) is 49.4 Å². The molecule has 31 heavy (non-hydrogen) atoms. The highest BCUT2D eigenvalue weighted by atomic mass is 16.3. The number of benzene rings is 2. The molecule has 1 saturated heterocycles. The number of carbonyl (C=O) groups is 2. The van der Waals surface area contributed by atoms with Crippen molar-refractivity contribution in [3.8, 4) is 0 Å². The van der Waals surface area contributed by atoms with Gasteiger partial charge in [0.1, 0.15) is 0 Å². The third kappa shape index (κ3) is 2.82. The lowest BCUT2D eigenvalue weighted by Crippen LogP contribution is -2.67. The Morgan fingerprint density at radius 2 is 1.87 bits per heavy atom. The molecule has 3 heterocycles. The maximum atomic E-state index is 13.6. The lowest BCUT2D eigenvalue weighted by atomic mass is 9.76. The van der Waals surface area contributed by atoms with Crippen LogP contribution in [0.3, 0.4) is 0 Å². The normalized spacial score (nSPS) is 23.3. The summed E-state index contributed by atoms with van der Waals surface area (Å²) in [5.74, 6) is -0.255. The Balaban J connectivity index is 1.73. The fourth-order valence-electron chi connectivity index (χ4n) is 5.26. The van der Waals surface area contributed by atoms with Crippen LogP contribution >= 0.6 is 0 Å². The largest absolute Gasteiger partial charge is 0.395 e. The van der Waals surface area contributed by atoms with Crippen LogP contribution in [0.2, 0.25) is 0 Å². The van der Waals surface area contributed by atoms with Gasteiger partial charge in [-0.25, -0.2) is 0 Å². The van der Waals surface area contributed by atoms with Gasteiger partial charge in [0.05, 0.1) is 18.8 Å². The summed E-state index contributed by atoms with van der Waals surface area (Å²) >= 11 is 0. The number of piperazine rings is 1. The molecule has 2 amide bonds. The molecule has 2 aliphatic rings. The second-order valence-corrected chi connectivity index (χ2v) is 8.63. The van der Waals surface area contributed by atoms with E-state index in [1.54, 1.807) is 4.90 Å². The number of fused-ring (bicyclic) bond motifs is 5. The maximum absolute atomic E-state index is 13.6. The van der Waals surface area contributed by atoms with Crippen molar-refractivity contribution in [2.75, 3.05) is 26.2 Å². The van der Waals surface area contributed by atoms with Crippen molar-refractivity contribution < 1.29 is 14.7 Å². The van der Waals surface area contributed by atoms with Gasteiger partial charge in [0, 0.05) is 29.9 Å². The van der Waals surface area contributed by atoms with Gasteiger partial charge >= 0.3 is 0 Å². The molecular formula is C25H27N3O3. The van der Waals surface area contributed by atoms with Crippen LogP contribution in [0.15, 0.2) is 48.5 Å². The number of aromatic nitrogens is 1. The minimum Gasteiger partial charge on any atom is -0.395 e. The standard InChI is InChI=1S/C25H27N3O3/c1-3-16-8-10-17(11-9-16)19-14-28-21(30)15-27(12-13-29)24(31)25(28,2)23-22(19)18-6-4-5-7-20(18)26-23/h4-11,19,26,29H,3,12-15H2,1-2H3/t19-,25+/m1/s1. The fraction of sp³-hybridized carbons (Fsp3) is 0.360. The molecule has 0 saturated carbocycles. The number of aromatic amines is 1. The van der Waals surface area contributed by atoms with Crippen molar-refractivity contribution in [3.05, 3.63) is 70.9 Å². The molecule has 0 spiro atoms. The molecule has 6 nitrogen and oxygen atoms in total. The third-order valence-corrected chi connectivity index (χ3v) is 6.98. The van der Waals surface area contributed by atoms with Crippen molar-refractivity contribution in [2.24, 2.45) is 0 Å². The third-order valence-electron chi connectivity index (χ3n) is 6.98. The van der Waals surface area contributed by atoms with Gasteiger partial charge in [-0.3, -0.25) is 9.59 Å². The summed E-state index contributed by atoms with van der Waals surface area (Å²) in [6, 6.07) is 16.7. The number of hydrogen-bond donors (Lipinski definition) is 2. The number of H-pyrrole nitrogens is 1. The van der Waals surface area contributed by atoms with Crippen LogP contribution in [0.1, 0.15) is 42.1 Å². The summed E-state index contributed by atoms with van der Waals surface area (Å²) < 4.78 is 0. The topological polar surface area (TPSA) is 76.6 Å². The molecule has 5 rings (SSSR count). The molecule has 3 aromatic rings. The highest BCUT2D eigenvalue weighted by Crippen LogP contribution is 2.48. The van der Waals surface area contributed by atoms with Crippen LogP contribution in [0, 0.1) is 0 Å². The first-order chi connectivity index (χ1) is 15.0. The quantitative estimate of drug-likeness (QED) is 0.685. The maximum Gasteiger partial charge on any atom is 0.255 e. The monoisotopic (exact) mass is 417 g/mol. The summed E-state index contributed by atoms with van der Waals surface area (Å²) in [5.41, 5.74) is 4.13. The van der Waals surface area contributed by atoms with Crippen LogP contribution in [0.25, 0.3) is 10.9 Å². The molecule has 2 aromatic carbocycles. The molecule has 0 unspecified atom stereocenters. The molecule has 0 bridgehead atoms. The number of aliphatic hydroxyl groups is 1. The number of para-hydroxylation sites is 1. The second-order valence-electron chi connectivity index (χ2n) is 8.63. The molecule has 0 aliphatic carbocycles. The van der Waals surface area contributed by atoms with E-state index in [4.69, 9.17) is 0 Å². The van der Waals surface area contributed by atoms with E-state index < -0.39 is 5.54 Å². The van der Waals surface area contributed by atoms with Crippen molar-refractivity contribution in [3.63, 3.8) is 0 Å². The van der Waals surface area contributed by atoms with Crippen molar-refractivity contribution in [1.82, 2.24) is 14.8 Å². The number of carbonyl (C=O) groups excluding carboxylic acids is 2. The predicted octanol–water partition coefficient (Wildman–Crippen LogP) is 2.75. The van der Waals surface area contributed by atoms with Gasteiger partial charge in [-0.05, 0) is 36.1 Å². The molecule has 0 radical (unpaired) electrons. The van der Waals surface area contributed by atoms with E-state index in [1.165, 1.54) is 10.5 Å². The van der Waals surface area contributed by atoms with Crippen LogP contribution in [-0.4, -0.2) is 57.9 Å². The van der Waals surface area contributed by atoms with Crippen LogP contribution in [0.5, 0.6) is 0 Å². The van der Waals surface area contributed by atoms with Crippen LogP contribution in [-0.2, 0) is 21.5 Å². The summed E-state index contributed by atoms with van der Waals surface area (Å²) in [5, 5.41) is 10.5. The average Bonchev–Trinajstić information content (AvgIpc) is 3.18. The van der Waals surface area contributed by atoms with E-state index in [0.29, 0.717) is 6.54 Å². The highest BCUT2D eigenvalue weighted by Gasteiger charge is 2.56. The number of rotatable bonds is 4. The Labute approximate surface area is 181 Å². The zero-order valence-corrected chi connectivity index (χ0v) is 17.9. The minimum absolute atomic E-state index is 0.00599. The molecule has 2 N–H and O–H groups in total. The van der Waals surface area contributed by atoms with Gasteiger partial charge in [0.15, 0.2) is 5.54 Å². The summed E-state index contributed by atoms with van der Waals surface area (Å²) in [7, 11) is 0. The number of nitrogens with one attached hydrogen (secondary N) is 1. The van der Waals surface area contributed by atoms with Crippen LogP contribution < -0.4 is 0 Å². The number of nitrogens with zero attached hydrogens (tertiary/aromatic N) is 2. The Kier molecular flexibility index (Phi) is 4.63. The average molecular weight is 418 g/mol. The molecule has 1 fully saturated rings. The molecule has 6 heteroatoms. The molecule has 160 valence electrons. The highest BCUT2D eigenvalue weighted by molar-refractivity contribution is 6.01. The first-order valence-electron chi connectivity index (χ1n) is 10.9. The molecule has 2 aliphatic heterocycles. The lowest BCUT2D eigenvalue weighted by Gasteiger charge is -2.51. The van der Waals surface area contributed by atoms with Crippen molar-refractivity contribution in [2.45, 2.75) is 31.7 Å². The SMILES string of the molecule is CCc1ccc([C@H]2CN3C(=O)CN(CCO)C(=O)[C@]3(C)c3[nH]c4ccccc4c32)cc1. The van der Waals surface area contributed by atoms with Crippen molar-refractivity contribution >= 4 is 22.7 Å². The van der Waals surface area contributed by atoms with E-state index >= 15 is 0 Å². The van der Waals surface area contributed by atoms with E-state index in [1.807, 2.05) is 25.1 Å². The minimum atomic E-state index is -1.11. The Morgan fingerprint density at radius 3 is 2.58 bits per heavy atom. The number of β-amino-alcohol motifs (C(OH)–C–C–N with tert-alkyl or cyclic N) is 1. The number of hydrogen-bond acceptors (Lipinski definition) is 3. The van der Waals surface area contributed by atoms with E-state index in [2.05, 4.69) is 42.2 Å². The van der Waals surface area contributed by atoms with Crippen LogP contribution in [0.4, 0.5) is 0 Å². The summed E-state index contributed by atoms with van der Waals surface area (Å²) in [6.07, 6.45) is 0.973. The zero-order valence-electron chi connectivity index (χ0n) is 17.9. The smallest absolute Gasteiger partial charge is 0.255 e. The first-order valence-corrected chi connectivity index (χ1v) is 10.9. The Hall–Kier alpha value is -3.12. The fourth-order valence-corrected chi connectivity index (χ4v) is 5.26. The van der Waals surface area contributed by atoms with E-state index in [-0.39, 0.29) is 37.4 Å². The molecule has 2 atom stereocenters. The number of amides is 2. The Morgan fingerprint density at radius 1 is 1.13 bits per heavy atom. The zero-order chi connectivity index (χ0) is 21.8. The first kappa shape index (κ1) is 19.8. The van der Waals surface area contributed by atoms with E-state index in [9.17, 15) is 14.7 Å². The van der Waals surface area contributed by atoms with Gasteiger partial charge in [-0.2, -0.15) is 0 Å². The lowest BCUT2D eigenvalue weighted by molar-refractivity contribution is -0.166. The summed E-state index contributed by atoms with van der Waals surface area (Å²) in [4.78, 5) is 33.5. The van der Waals surface area contributed by atoms with Gasteiger partial charge in [-0.15, -0.1) is 0 Å². The predicted molar refractivity (Wildman–Crippen MR) is 119 cm³/mol. The number of aliphatic hydroxyl groups excluding tert-OH is 1. The molecular weight excluding hydrogens is 390 g/mol. The second kappa shape index (κ2) is 7.24. The molecule has 1 aromatic heterocycles. The van der Waals surface area contributed by atoms with Crippen molar-refractivity contribution in [1.29, 1.82) is 0 Å². The van der Waals surface area contributed by atoms with Gasteiger partial charge < -0.3 is 19.9 Å². The summed E-state index contributed by atoms with van der Waals surface area (Å²) in [6.45, 7) is 4.42.